The molecule has 0 aromatic heterocycles. The normalized spacial score (nSPS) is 21.1. The molecule has 2 aliphatic carbocycles. The molecule has 0 spiro atoms. The van der Waals surface area contributed by atoms with E-state index in [-0.39, 0.29) is 30.7 Å². The Morgan fingerprint density at radius 2 is 1.67 bits per heavy atom. The Kier molecular flexibility index (Phi) is 5.20. The van der Waals surface area contributed by atoms with Gasteiger partial charge in [0.25, 0.3) is 0 Å². The second-order valence-electron chi connectivity index (χ2n) is 6.16. The molecule has 118 valence electrons. The van der Waals surface area contributed by atoms with Gasteiger partial charge in [-0.2, -0.15) is 0 Å². The van der Waals surface area contributed by atoms with E-state index in [0.29, 0.717) is 12.8 Å². The minimum Gasteiger partial charge on any atom is -0.480 e. The molecular weight excluding hydrogens is 272 g/mol. The van der Waals surface area contributed by atoms with Gasteiger partial charge in [0.2, 0.25) is 11.8 Å². The standard InChI is InChI=1S/C15H24N2O4/c18-12(17-15(14(20)21)8-3-4-9-15)7-10-16-13(19)11-5-1-2-6-11/h11H,1-10H2,(H,16,19)(H,17,18)(H,20,21). The van der Waals surface area contributed by atoms with E-state index in [1.54, 1.807) is 0 Å². The molecule has 0 saturated heterocycles. The first-order valence-corrected chi connectivity index (χ1v) is 7.86. The third-order valence-electron chi connectivity index (χ3n) is 4.62. The number of carboxylic acids is 1. The zero-order valence-corrected chi connectivity index (χ0v) is 12.3. The fourth-order valence-electron chi connectivity index (χ4n) is 3.33. The molecule has 0 heterocycles. The van der Waals surface area contributed by atoms with Gasteiger partial charge >= 0.3 is 5.97 Å². The summed E-state index contributed by atoms with van der Waals surface area (Å²) < 4.78 is 0. The van der Waals surface area contributed by atoms with Crippen molar-refractivity contribution in [1.29, 1.82) is 0 Å². The summed E-state index contributed by atoms with van der Waals surface area (Å²) in [6.07, 6.45) is 6.81. The molecule has 2 aliphatic rings. The molecular formula is C15H24N2O4. The third kappa shape index (κ3) is 3.95. The van der Waals surface area contributed by atoms with Gasteiger partial charge in [0.05, 0.1) is 0 Å². The lowest BCUT2D eigenvalue weighted by atomic mass is 9.97. The number of carbonyl (C=O) groups is 3. The average Bonchev–Trinajstić information content (AvgIpc) is 3.10. The maximum absolute atomic E-state index is 11.9. The number of hydrogen-bond acceptors (Lipinski definition) is 3. The van der Waals surface area contributed by atoms with E-state index in [1.165, 1.54) is 0 Å². The summed E-state index contributed by atoms with van der Waals surface area (Å²) >= 11 is 0. The second kappa shape index (κ2) is 6.91. The van der Waals surface area contributed by atoms with Crippen LogP contribution in [0.15, 0.2) is 0 Å². The number of carbonyl (C=O) groups excluding carboxylic acids is 2. The highest BCUT2D eigenvalue weighted by Gasteiger charge is 2.42. The maximum atomic E-state index is 11.9. The highest BCUT2D eigenvalue weighted by atomic mass is 16.4. The smallest absolute Gasteiger partial charge is 0.329 e. The first-order valence-electron chi connectivity index (χ1n) is 7.86. The average molecular weight is 296 g/mol. The third-order valence-corrected chi connectivity index (χ3v) is 4.62. The first-order chi connectivity index (χ1) is 10.0. The van der Waals surface area contributed by atoms with Gasteiger partial charge in [0, 0.05) is 18.9 Å². The second-order valence-corrected chi connectivity index (χ2v) is 6.16. The van der Waals surface area contributed by atoms with Crippen LogP contribution in [0.1, 0.15) is 57.8 Å². The van der Waals surface area contributed by atoms with Crippen LogP contribution in [-0.4, -0.2) is 35.0 Å². The van der Waals surface area contributed by atoms with Crippen molar-refractivity contribution in [2.24, 2.45) is 5.92 Å². The van der Waals surface area contributed by atoms with E-state index < -0.39 is 11.5 Å². The molecule has 0 radical (unpaired) electrons. The predicted octanol–water partition coefficient (Wildman–Crippen LogP) is 1.20. The molecule has 2 fully saturated rings. The summed E-state index contributed by atoms with van der Waals surface area (Å²) in [4.78, 5) is 35.0. The molecule has 0 atom stereocenters. The van der Waals surface area contributed by atoms with Gasteiger partial charge in [-0.25, -0.2) is 4.79 Å². The lowest BCUT2D eigenvalue weighted by Gasteiger charge is -2.25. The van der Waals surface area contributed by atoms with Gasteiger partial charge in [-0.1, -0.05) is 25.7 Å². The van der Waals surface area contributed by atoms with Crippen molar-refractivity contribution in [3.63, 3.8) is 0 Å². The van der Waals surface area contributed by atoms with Crippen molar-refractivity contribution >= 4 is 17.8 Å². The van der Waals surface area contributed by atoms with Crippen molar-refractivity contribution < 1.29 is 19.5 Å². The fraction of sp³-hybridized carbons (Fsp3) is 0.800. The molecule has 0 bridgehead atoms. The van der Waals surface area contributed by atoms with E-state index in [2.05, 4.69) is 10.6 Å². The zero-order valence-electron chi connectivity index (χ0n) is 12.3. The minimum absolute atomic E-state index is 0.0223. The van der Waals surface area contributed by atoms with Crippen molar-refractivity contribution in [3.05, 3.63) is 0 Å². The summed E-state index contributed by atoms with van der Waals surface area (Å²) in [6, 6.07) is 0. The van der Waals surface area contributed by atoms with Crippen LogP contribution in [0.4, 0.5) is 0 Å². The maximum Gasteiger partial charge on any atom is 0.329 e. The van der Waals surface area contributed by atoms with E-state index in [1.807, 2.05) is 0 Å². The monoisotopic (exact) mass is 296 g/mol. The van der Waals surface area contributed by atoms with Gasteiger partial charge in [-0.15, -0.1) is 0 Å². The van der Waals surface area contributed by atoms with Crippen molar-refractivity contribution in [2.45, 2.75) is 63.3 Å². The Morgan fingerprint density at radius 3 is 2.24 bits per heavy atom. The van der Waals surface area contributed by atoms with Crippen LogP contribution in [0, 0.1) is 5.92 Å². The SMILES string of the molecule is O=C(CCNC(=O)C1CCCC1)NC1(C(=O)O)CCCC1. The molecule has 6 nitrogen and oxygen atoms in total. The molecule has 3 N–H and O–H groups in total. The van der Waals surface area contributed by atoms with Crippen molar-refractivity contribution in [1.82, 2.24) is 10.6 Å². The fourth-order valence-corrected chi connectivity index (χ4v) is 3.33. The minimum atomic E-state index is -1.09. The van der Waals surface area contributed by atoms with E-state index >= 15 is 0 Å². The van der Waals surface area contributed by atoms with Crippen molar-refractivity contribution in [3.8, 4) is 0 Å². The highest BCUT2D eigenvalue weighted by molar-refractivity contribution is 5.87. The van der Waals surface area contributed by atoms with Crippen molar-refractivity contribution in [2.75, 3.05) is 6.54 Å². The van der Waals surface area contributed by atoms with Gasteiger partial charge < -0.3 is 15.7 Å². The van der Waals surface area contributed by atoms with Gasteiger partial charge in [0.1, 0.15) is 5.54 Å². The van der Waals surface area contributed by atoms with Crippen LogP contribution in [0.5, 0.6) is 0 Å². The first kappa shape index (κ1) is 15.8. The number of hydrogen-bond donors (Lipinski definition) is 3. The largest absolute Gasteiger partial charge is 0.480 e. The van der Waals surface area contributed by atoms with Crippen LogP contribution in [0.25, 0.3) is 0 Å². The molecule has 0 aliphatic heterocycles. The summed E-state index contributed by atoms with van der Waals surface area (Å²) in [6.45, 7) is 0.275. The van der Waals surface area contributed by atoms with Crippen LogP contribution in [0.2, 0.25) is 0 Å². The molecule has 6 heteroatoms. The van der Waals surface area contributed by atoms with Crippen LogP contribution in [-0.2, 0) is 14.4 Å². The number of rotatable bonds is 6. The summed E-state index contributed by atoms with van der Waals surface area (Å²) in [5, 5.41) is 14.7. The van der Waals surface area contributed by atoms with Crippen LogP contribution in [0.3, 0.4) is 0 Å². The van der Waals surface area contributed by atoms with Crippen LogP contribution < -0.4 is 10.6 Å². The topological polar surface area (TPSA) is 95.5 Å². The quantitative estimate of drug-likeness (QED) is 0.686. The predicted molar refractivity (Wildman–Crippen MR) is 76.6 cm³/mol. The number of aliphatic carboxylic acids is 1. The van der Waals surface area contributed by atoms with Gasteiger partial charge in [-0.3, -0.25) is 9.59 Å². The molecule has 2 amide bonds. The lowest BCUT2D eigenvalue weighted by molar-refractivity contribution is -0.147. The molecule has 0 aromatic carbocycles. The highest BCUT2D eigenvalue weighted by Crippen LogP contribution is 2.30. The number of amides is 2. The van der Waals surface area contributed by atoms with E-state index in [9.17, 15) is 19.5 Å². The molecule has 2 rings (SSSR count). The Balaban J connectivity index is 1.71. The Labute approximate surface area is 124 Å². The van der Waals surface area contributed by atoms with E-state index in [4.69, 9.17) is 0 Å². The summed E-state index contributed by atoms with van der Waals surface area (Å²) in [5.41, 5.74) is -1.09. The van der Waals surface area contributed by atoms with Gasteiger partial charge in [-0.05, 0) is 25.7 Å². The zero-order chi connectivity index (χ0) is 15.3. The van der Waals surface area contributed by atoms with Gasteiger partial charge in [0.15, 0.2) is 0 Å². The molecule has 0 aromatic rings. The number of carboxylic acid groups (broad SMARTS) is 1. The van der Waals surface area contributed by atoms with E-state index in [0.717, 1.165) is 38.5 Å². The number of nitrogens with one attached hydrogen (secondary N) is 2. The lowest BCUT2D eigenvalue weighted by Crippen LogP contribution is -2.53. The summed E-state index contributed by atoms with van der Waals surface area (Å²) in [7, 11) is 0. The molecule has 2 saturated carbocycles. The summed E-state index contributed by atoms with van der Waals surface area (Å²) in [5.74, 6) is -1.14. The molecule has 0 unspecified atom stereocenters. The molecule has 21 heavy (non-hydrogen) atoms. The van der Waals surface area contributed by atoms with Crippen LogP contribution >= 0.6 is 0 Å². The Bertz CT molecular complexity index is 410. The Hall–Kier alpha value is -1.59. The Morgan fingerprint density at radius 1 is 1.05 bits per heavy atom.